The van der Waals surface area contributed by atoms with Gasteiger partial charge >= 0.3 is 0 Å². The molecule has 0 aliphatic carbocycles. The van der Waals surface area contributed by atoms with Crippen LogP contribution in [0.1, 0.15) is 18.4 Å². The third kappa shape index (κ3) is 3.53. The van der Waals surface area contributed by atoms with Crippen molar-refractivity contribution in [2.24, 2.45) is 0 Å². The summed E-state index contributed by atoms with van der Waals surface area (Å²) in [4.78, 5) is 10.0. The molecule has 20 heavy (non-hydrogen) atoms. The van der Waals surface area contributed by atoms with Crippen LogP contribution in [0.5, 0.6) is 0 Å². The van der Waals surface area contributed by atoms with Crippen LogP contribution in [-0.4, -0.2) is 41.9 Å². The normalized spacial score (nSPS) is 20.8. The van der Waals surface area contributed by atoms with Gasteiger partial charge in [-0.2, -0.15) is 4.31 Å². The van der Waals surface area contributed by atoms with Gasteiger partial charge in [-0.1, -0.05) is 12.1 Å². The Labute approximate surface area is 117 Å². The third-order valence-corrected chi connectivity index (χ3v) is 5.07. The summed E-state index contributed by atoms with van der Waals surface area (Å²) >= 11 is 0. The highest BCUT2D eigenvalue weighted by molar-refractivity contribution is 7.88. The Morgan fingerprint density at radius 1 is 1.35 bits per heavy atom. The SMILES string of the molecule is O=[N+]([O-])c1ccc(CS(=O)(=O)N2CCCC(O)C2)cc1. The van der Waals surface area contributed by atoms with Gasteiger partial charge in [0.2, 0.25) is 10.0 Å². The minimum absolute atomic E-state index is 0.0699. The van der Waals surface area contributed by atoms with Gasteiger partial charge in [0, 0.05) is 25.2 Å². The molecule has 1 heterocycles. The molecule has 0 amide bonds. The summed E-state index contributed by atoms with van der Waals surface area (Å²) in [7, 11) is -3.50. The zero-order valence-electron chi connectivity index (χ0n) is 10.8. The van der Waals surface area contributed by atoms with Crippen molar-refractivity contribution >= 4 is 15.7 Å². The van der Waals surface area contributed by atoms with Gasteiger partial charge < -0.3 is 5.11 Å². The standard InChI is InChI=1S/C12H16N2O5S/c15-12-2-1-7-13(8-12)20(18,19)9-10-3-5-11(6-4-10)14(16)17/h3-6,12,15H,1-2,7-9H2. The molecule has 2 rings (SSSR count). The van der Waals surface area contributed by atoms with Gasteiger partial charge in [0.05, 0.1) is 16.8 Å². The summed E-state index contributed by atoms with van der Waals surface area (Å²) in [6.07, 6.45) is 0.639. The number of β-amino-alcohol motifs (C(OH)–C–C–N with tert-alkyl or cyclic N) is 1. The Kier molecular flexibility index (Phi) is 4.36. The van der Waals surface area contributed by atoms with Crippen molar-refractivity contribution < 1.29 is 18.4 Å². The molecule has 0 bridgehead atoms. The Hall–Kier alpha value is -1.51. The Morgan fingerprint density at radius 3 is 2.55 bits per heavy atom. The summed E-state index contributed by atoms with van der Waals surface area (Å²) in [5.41, 5.74) is 0.426. The van der Waals surface area contributed by atoms with Gasteiger partial charge in [-0.25, -0.2) is 8.42 Å². The Morgan fingerprint density at radius 2 is 2.00 bits per heavy atom. The molecule has 1 aromatic carbocycles. The van der Waals surface area contributed by atoms with Crippen LogP contribution >= 0.6 is 0 Å². The Balaban J connectivity index is 2.09. The molecular weight excluding hydrogens is 284 g/mol. The molecule has 1 N–H and O–H groups in total. The lowest BCUT2D eigenvalue weighted by Crippen LogP contribution is -2.42. The van der Waals surface area contributed by atoms with Crippen molar-refractivity contribution in [2.45, 2.75) is 24.7 Å². The minimum Gasteiger partial charge on any atom is -0.392 e. The lowest BCUT2D eigenvalue weighted by atomic mass is 10.1. The van der Waals surface area contributed by atoms with Crippen molar-refractivity contribution in [3.05, 3.63) is 39.9 Å². The van der Waals surface area contributed by atoms with E-state index in [0.717, 1.165) is 0 Å². The van der Waals surface area contributed by atoms with Gasteiger partial charge in [0.25, 0.3) is 5.69 Å². The fraction of sp³-hybridized carbons (Fsp3) is 0.500. The Bertz CT molecular complexity index is 584. The van der Waals surface area contributed by atoms with E-state index in [0.29, 0.717) is 24.9 Å². The summed E-state index contributed by atoms with van der Waals surface area (Å²) in [5.74, 6) is -0.211. The van der Waals surface area contributed by atoms with E-state index in [2.05, 4.69) is 0 Å². The molecule has 110 valence electrons. The number of nitro benzene ring substituents is 1. The average molecular weight is 300 g/mol. The molecule has 1 aliphatic rings. The summed E-state index contributed by atoms with van der Waals surface area (Å²) < 4.78 is 25.7. The van der Waals surface area contributed by atoms with Crippen molar-refractivity contribution in [1.29, 1.82) is 0 Å². The van der Waals surface area contributed by atoms with Crippen LogP contribution in [0.2, 0.25) is 0 Å². The summed E-state index contributed by atoms with van der Waals surface area (Å²) in [6, 6.07) is 5.46. The molecule has 7 nitrogen and oxygen atoms in total. The zero-order valence-corrected chi connectivity index (χ0v) is 11.6. The second-order valence-corrected chi connectivity index (χ2v) is 6.80. The number of non-ortho nitro benzene ring substituents is 1. The molecule has 0 saturated carbocycles. The molecule has 1 unspecified atom stereocenters. The van der Waals surface area contributed by atoms with Crippen LogP contribution < -0.4 is 0 Å². The smallest absolute Gasteiger partial charge is 0.269 e. The molecule has 0 radical (unpaired) electrons. The van der Waals surface area contributed by atoms with Crippen LogP contribution in [0, 0.1) is 10.1 Å². The molecular formula is C12H16N2O5S. The topological polar surface area (TPSA) is 101 Å². The lowest BCUT2D eigenvalue weighted by Gasteiger charge is -2.29. The minimum atomic E-state index is -3.50. The maximum absolute atomic E-state index is 12.2. The fourth-order valence-electron chi connectivity index (χ4n) is 2.19. The maximum Gasteiger partial charge on any atom is 0.269 e. The van der Waals surface area contributed by atoms with Gasteiger partial charge in [0.15, 0.2) is 0 Å². The van der Waals surface area contributed by atoms with Crippen LogP contribution in [0.3, 0.4) is 0 Å². The quantitative estimate of drug-likeness (QED) is 0.657. The van der Waals surface area contributed by atoms with Gasteiger partial charge in [-0.05, 0) is 18.4 Å². The largest absolute Gasteiger partial charge is 0.392 e. The van der Waals surface area contributed by atoms with E-state index < -0.39 is 21.1 Å². The molecule has 0 aromatic heterocycles. The van der Waals surface area contributed by atoms with E-state index in [4.69, 9.17) is 0 Å². The highest BCUT2D eigenvalue weighted by Gasteiger charge is 2.28. The highest BCUT2D eigenvalue weighted by Crippen LogP contribution is 2.19. The molecule has 1 aromatic rings. The van der Waals surface area contributed by atoms with E-state index in [1.165, 1.54) is 28.6 Å². The number of benzene rings is 1. The van der Waals surface area contributed by atoms with Crippen molar-refractivity contribution in [3.63, 3.8) is 0 Å². The number of rotatable bonds is 4. The second-order valence-electron chi connectivity index (χ2n) is 4.83. The molecule has 1 atom stereocenters. The van der Waals surface area contributed by atoms with Crippen molar-refractivity contribution in [2.75, 3.05) is 13.1 Å². The van der Waals surface area contributed by atoms with Gasteiger partial charge in [0.1, 0.15) is 0 Å². The predicted octanol–water partition coefficient (Wildman–Crippen LogP) is 0.881. The maximum atomic E-state index is 12.2. The third-order valence-electron chi connectivity index (χ3n) is 3.25. The van der Waals surface area contributed by atoms with E-state index in [-0.39, 0.29) is 18.0 Å². The molecule has 1 fully saturated rings. The first kappa shape index (κ1) is 14.9. The van der Waals surface area contributed by atoms with E-state index >= 15 is 0 Å². The predicted molar refractivity (Wildman–Crippen MR) is 72.5 cm³/mol. The molecule has 8 heteroatoms. The summed E-state index contributed by atoms with van der Waals surface area (Å²) in [6.45, 7) is 0.529. The second kappa shape index (κ2) is 5.86. The number of sulfonamides is 1. The van der Waals surface area contributed by atoms with Crippen molar-refractivity contribution in [1.82, 2.24) is 4.31 Å². The van der Waals surface area contributed by atoms with Gasteiger partial charge in [-0.3, -0.25) is 10.1 Å². The monoisotopic (exact) mass is 300 g/mol. The van der Waals surface area contributed by atoms with E-state index in [9.17, 15) is 23.6 Å². The van der Waals surface area contributed by atoms with Crippen LogP contribution in [0.15, 0.2) is 24.3 Å². The zero-order chi connectivity index (χ0) is 14.8. The number of nitro groups is 1. The molecule has 1 saturated heterocycles. The number of piperidine rings is 1. The first-order valence-corrected chi connectivity index (χ1v) is 7.88. The number of aliphatic hydroxyl groups excluding tert-OH is 1. The lowest BCUT2D eigenvalue weighted by molar-refractivity contribution is -0.384. The first-order chi connectivity index (χ1) is 9.38. The van der Waals surface area contributed by atoms with Crippen LogP contribution in [-0.2, 0) is 15.8 Å². The number of aliphatic hydroxyl groups is 1. The van der Waals surface area contributed by atoms with Gasteiger partial charge in [-0.15, -0.1) is 0 Å². The van der Waals surface area contributed by atoms with Crippen molar-refractivity contribution in [3.8, 4) is 0 Å². The fourth-order valence-corrected chi connectivity index (χ4v) is 3.79. The summed E-state index contributed by atoms with van der Waals surface area (Å²) in [5, 5.41) is 20.1. The number of nitrogens with zero attached hydrogens (tertiary/aromatic N) is 2. The first-order valence-electron chi connectivity index (χ1n) is 6.28. The van der Waals surface area contributed by atoms with E-state index in [1.54, 1.807) is 0 Å². The van der Waals surface area contributed by atoms with Crippen LogP contribution in [0.4, 0.5) is 5.69 Å². The highest BCUT2D eigenvalue weighted by atomic mass is 32.2. The number of hydrogen-bond acceptors (Lipinski definition) is 5. The number of hydrogen-bond donors (Lipinski definition) is 1. The van der Waals surface area contributed by atoms with E-state index in [1.807, 2.05) is 0 Å². The van der Waals surface area contributed by atoms with Crippen LogP contribution in [0.25, 0.3) is 0 Å². The molecule has 0 spiro atoms. The molecule has 1 aliphatic heterocycles. The average Bonchev–Trinajstić information content (AvgIpc) is 2.39.